The number of halogens is 1. The van der Waals surface area contributed by atoms with Crippen LogP contribution >= 0.6 is 23.1 Å². The van der Waals surface area contributed by atoms with Crippen molar-refractivity contribution in [1.82, 2.24) is 20.1 Å². The molecule has 214 valence electrons. The summed E-state index contributed by atoms with van der Waals surface area (Å²) in [5, 5.41) is 14.9. The molecule has 2 N–H and O–H groups in total. The van der Waals surface area contributed by atoms with Crippen LogP contribution in [0, 0.1) is 17.2 Å². The van der Waals surface area contributed by atoms with E-state index in [-0.39, 0.29) is 35.8 Å². The molecule has 3 aromatic rings. The first-order valence-electron chi connectivity index (χ1n) is 13.1. The molecule has 0 fully saturated rings. The Kier molecular flexibility index (Phi) is 9.29. The lowest BCUT2D eigenvalue weighted by molar-refractivity contribution is -0.113. The summed E-state index contributed by atoms with van der Waals surface area (Å²) in [6.45, 7) is 8.82. The van der Waals surface area contributed by atoms with E-state index in [0.29, 0.717) is 27.5 Å². The Morgan fingerprint density at radius 3 is 2.73 bits per heavy atom. The van der Waals surface area contributed by atoms with Gasteiger partial charge in [0.25, 0.3) is 5.91 Å². The molecular formula is C28H34FN5O4S2. The summed E-state index contributed by atoms with van der Waals surface area (Å²) in [7, 11) is 1.74. The molecule has 0 spiro atoms. The lowest BCUT2D eigenvalue weighted by Crippen LogP contribution is -2.26. The van der Waals surface area contributed by atoms with E-state index in [0.717, 1.165) is 35.8 Å². The van der Waals surface area contributed by atoms with Gasteiger partial charge in [-0.1, -0.05) is 38.6 Å². The number of hydrogen-bond donors (Lipinski definition) is 2. The minimum Gasteiger partial charge on any atom is -0.462 e. The van der Waals surface area contributed by atoms with Gasteiger partial charge in [0.15, 0.2) is 11.0 Å². The van der Waals surface area contributed by atoms with Crippen molar-refractivity contribution in [3.05, 3.63) is 57.5 Å². The highest BCUT2D eigenvalue weighted by Gasteiger charge is 2.34. The maximum atomic E-state index is 13.4. The van der Waals surface area contributed by atoms with Crippen LogP contribution in [0.4, 0.5) is 9.39 Å². The molecule has 40 heavy (non-hydrogen) atoms. The third-order valence-corrected chi connectivity index (χ3v) is 9.16. The first-order chi connectivity index (χ1) is 19.0. The van der Waals surface area contributed by atoms with Gasteiger partial charge in [0.2, 0.25) is 5.91 Å². The van der Waals surface area contributed by atoms with Gasteiger partial charge in [-0.3, -0.25) is 9.59 Å². The van der Waals surface area contributed by atoms with Crippen LogP contribution in [0.3, 0.4) is 0 Å². The van der Waals surface area contributed by atoms with E-state index in [2.05, 4.69) is 41.6 Å². The minimum atomic E-state index is -0.491. The number of carbonyl (C=O) groups excluding carboxylic acids is 3. The number of rotatable bonds is 9. The number of anilines is 1. The van der Waals surface area contributed by atoms with Crippen LogP contribution in [-0.2, 0) is 36.0 Å². The predicted molar refractivity (Wildman–Crippen MR) is 153 cm³/mol. The van der Waals surface area contributed by atoms with Crippen molar-refractivity contribution in [3.8, 4) is 0 Å². The average molecular weight is 588 g/mol. The van der Waals surface area contributed by atoms with Crippen LogP contribution in [0.1, 0.15) is 71.1 Å². The van der Waals surface area contributed by atoms with Gasteiger partial charge in [0, 0.05) is 17.5 Å². The zero-order chi connectivity index (χ0) is 29.0. The Bertz CT molecular complexity index is 1410. The van der Waals surface area contributed by atoms with Crippen LogP contribution < -0.4 is 10.6 Å². The maximum Gasteiger partial charge on any atom is 0.341 e. The smallest absolute Gasteiger partial charge is 0.341 e. The fourth-order valence-electron chi connectivity index (χ4n) is 4.64. The first-order valence-corrected chi connectivity index (χ1v) is 14.9. The van der Waals surface area contributed by atoms with Gasteiger partial charge in [-0.2, -0.15) is 0 Å². The number of thioether (sulfide) groups is 1. The number of benzene rings is 1. The van der Waals surface area contributed by atoms with Crippen molar-refractivity contribution in [1.29, 1.82) is 0 Å². The van der Waals surface area contributed by atoms with Crippen LogP contribution in [0.5, 0.6) is 0 Å². The van der Waals surface area contributed by atoms with Crippen molar-refractivity contribution in [2.75, 3.05) is 17.7 Å². The summed E-state index contributed by atoms with van der Waals surface area (Å²) in [4.78, 5) is 39.3. The third kappa shape index (κ3) is 6.90. The monoisotopic (exact) mass is 587 g/mol. The number of esters is 1. The molecule has 9 nitrogen and oxygen atoms in total. The number of aromatic nitrogens is 3. The lowest BCUT2D eigenvalue weighted by Gasteiger charge is -2.33. The predicted octanol–water partition coefficient (Wildman–Crippen LogP) is 5.00. The molecule has 0 saturated carbocycles. The number of thiophene rings is 1. The largest absolute Gasteiger partial charge is 0.462 e. The lowest BCUT2D eigenvalue weighted by atomic mass is 9.72. The second kappa shape index (κ2) is 12.5. The molecule has 12 heteroatoms. The van der Waals surface area contributed by atoms with E-state index < -0.39 is 17.7 Å². The SMILES string of the molecule is CCOC(=O)c1c(NC(=O)CSc2nnc(CNC(=O)c3cccc(F)c3)n2C)sc2c1CCC(C(C)(C)C)C2. The molecule has 1 atom stereocenters. The normalized spacial score (nSPS) is 14.9. The van der Waals surface area contributed by atoms with E-state index >= 15 is 0 Å². The Morgan fingerprint density at radius 2 is 2.02 bits per heavy atom. The molecule has 1 unspecified atom stereocenters. The Balaban J connectivity index is 1.39. The van der Waals surface area contributed by atoms with Gasteiger partial charge in [0.05, 0.1) is 24.5 Å². The van der Waals surface area contributed by atoms with E-state index in [9.17, 15) is 18.8 Å². The molecule has 0 saturated heterocycles. The Labute approximate surface area is 241 Å². The number of carbonyl (C=O) groups is 3. The molecular weight excluding hydrogens is 553 g/mol. The maximum absolute atomic E-state index is 13.4. The highest BCUT2D eigenvalue weighted by molar-refractivity contribution is 7.99. The molecule has 2 amide bonds. The van der Waals surface area contributed by atoms with Crippen molar-refractivity contribution in [3.63, 3.8) is 0 Å². The van der Waals surface area contributed by atoms with Gasteiger partial charge in [-0.15, -0.1) is 21.5 Å². The average Bonchev–Trinajstić information content (AvgIpc) is 3.44. The van der Waals surface area contributed by atoms with Gasteiger partial charge in [0.1, 0.15) is 10.8 Å². The second-order valence-electron chi connectivity index (χ2n) is 10.7. The van der Waals surface area contributed by atoms with Gasteiger partial charge < -0.3 is 19.9 Å². The summed E-state index contributed by atoms with van der Waals surface area (Å²) < 4.78 is 20.4. The zero-order valence-electron chi connectivity index (χ0n) is 23.3. The Morgan fingerprint density at radius 1 is 1.25 bits per heavy atom. The molecule has 1 aliphatic rings. The van der Waals surface area contributed by atoms with Crippen molar-refractivity contribution in [2.45, 2.75) is 58.7 Å². The number of ether oxygens (including phenoxy) is 1. The van der Waals surface area contributed by atoms with E-state index in [1.54, 1.807) is 18.5 Å². The standard InChI is InChI=1S/C28H34FN5O4S2/c1-6-38-26(37)23-19-11-10-17(28(2,3)4)13-20(19)40-25(23)31-22(35)15-39-27-33-32-21(34(27)5)14-30-24(36)16-8-7-9-18(29)12-16/h7-9,12,17H,6,10-11,13-15H2,1-5H3,(H,30,36)(H,31,35). The molecule has 0 aliphatic heterocycles. The van der Waals surface area contributed by atoms with Gasteiger partial charge in [-0.25, -0.2) is 9.18 Å². The zero-order valence-corrected chi connectivity index (χ0v) is 24.9. The molecule has 4 rings (SSSR count). The molecule has 1 aliphatic carbocycles. The molecule has 0 bridgehead atoms. The van der Waals surface area contributed by atoms with Gasteiger partial charge in [-0.05, 0) is 61.3 Å². The van der Waals surface area contributed by atoms with Crippen LogP contribution in [0.15, 0.2) is 29.4 Å². The first kappa shape index (κ1) is 29.7. The molecule has 0 radical (unpaired) electrons. The van der Waals surface area contributed by atoms with Gasteiger partial charge >= 0.3 is 5.97 Å². The number of nitrogens with one attached hydrogen (secondary N) is 2. The summed E-state index contributed by atoms with van der Waals surface area (Å²) in [6.07, 6.45) is 2.64. The quantitative estimate of drug-likeness (QED) is 0.267. The summed E-state index contributed by atoms with van der Waals surface area (Å²) in [6, 6.07) is 5.42. The fourth-order valence-corrected chi connectivity index (χ4v) is 6.70. The van der Waals surface area contributed by atoms with Crippen LogP contribution in [0.25, 0.3) is 0 Å². The number of nitrogens with zero attached hydrogens (tertiary/aromatic N) is 3. The Hall–Kier alpha value is -3.25. The summed E-state index contributed by atoms with van der Waals surface area (Å²) in [5.74, 6) is -0.568. The van der Waals surface area contributed by atoms with E-state index in [1.807, 2.05) is 0 Å². The minimum absolute atomic E-state index is 0.0527. The summed E-state index contributed by atoms with van der Waals surface area (Å²) >= 11 is 2.66. The highest BCUT2D eigenvalue weighted by Crippen LogP contribution is 2.44. The molecule has 1 aromatic carbocycles. The second-order valence-corrected chi connectivity index (χ2v) is 12.8. The van der Waals surface area contributed by atoms with Crippen molar-refractivity contribution in [2.24, 2.45) is 18.4 Å². The third-order valence-electron chi connectivity index (χ3n) is 6.97. The molecule has 2 heterocycles. The summed E-state index contributed by atoms with van der Waals surface area (Å²) in [5.41, 5.74) is 1.83. The van der Waals surface area contributed by atoms with Crippen molar-refractivity contribution >= 4 is 45.9 Å². The van der Waals surface area contributed by atoms with Crippen molar-refractivity contribution < 1.29 is 23.5 Å². The topological polar surface area (TPSA) is 115 Å². The van der Waals surface area contributed by atoms with E-state index in [1.165, 1.54) is 41.3 Å². The molecule has 2 aromatic heterocycles. The van der Waals surface area contributed by atoms with Crippen LogP contribution in [-0.4, -0.2) is 44.9 Å². The highest BCUT2D eigenvalue weighted by atomic mass is 32.2. The number of hydrogen-bond acceptors (Lipinski definition) is 8. The number of fused-ring (bicyclic) bond motifs is 1. The van der Waals surface area contributed by atoms with E-state index in [4.69, 9.17) is 4.74 Å². The fraction of sp³-hybridized carbons (Fsp3) is 0.464. The number of amides is 2. The van der Waals surface area contributed by atoms with Crippen LogP contribution in [0.2, 0.25) is 0 Å².